The quantitative estimate of drug-likeness (QED) is 0.611. The summed E-state index contributed by atoms with van der Waals surface area (Å²) in [4.78, 5) is 12.3. The minimum Gasteiger partial charge on any atom is -0.497 e. The SMILES string of the molecule is COc1cccc(-c2nnc(NC(=O)c3cc4ccccc4o3)o2)c1. The first kappa shape index (κ1) is 14.9. The van der Waals surface area contributed by atoms with Gasteiger partial charge in [0.25, 0.3) is 5.91 Å². The number of furan rings is 1. The van der Waals surface area contributed by atoms with Crippen molar-refractivity contribution in [2.75, 3.05) is 12.4 Å². The second-order valence-corrected chi connectivity index (χ2v) is 5.25. The first-order valence-corrected chi connectivity index (χ1v) is 7.51. The Bertz CT molecular complexity index is 1020. The number of carbonyl (C=O) groups excluding carboxylic acids is 1. The molecule has 1 amide bonds. The van der Waals surface area contributed by atoms with Crippen LogP contribution in [0.1, 0.15) is 10.6 Å². The summed E-state index contributed by atoms with van der Waals surface area (Å²) in [6.07, 6.45) is 0. The van der Waals surface area contributed by atoms with E-state index in [4.69, 9.17) is 13.6 Å². The lowest BCUT2D eigenvalue weighted by Gasteiger charge is -2.00. The van der Waals surface area contributed by atoms with Gasteiger partial charge in [0.2, 0.25) is 5.89 Å². The minimum atomic E-state index is -0.461. The van der Waals surface area contributed by atoms with Gasteiger partial charge in [-0.3, -0.25) is 10.1 Å². The molecule has 4 rings (SSSR count). The molecule has 0 aliphatic carbocycles. The van der Waals surface area contributed by atoms with Gasteiger partial charge in [-0.05, 0) is 30.3 Å². The van der Waals surface area contributed by atoms with Gasteiger partial charge in [-0.15, -0.1) is 5.10 Å². The molecule has 0 fully saturated rings. The zero-order valence-electron chi connectivity index (χ0n) is 13.2. The molecule has 0 saturated heterocycles. The molecule has 1 N–H and O–H groups in total. The fourth-order valence-corrected chi connectivity index (χ4v) is 2.40. The van der Waals surface area contributed by atoms with Crippen molar-refractivity contribution in [3.05, 3.63) is 60.4 Å². The zero-order chi connectivity index (χ0) is 17.2. The normalized spacial score (nSPS) is 10.8. The molecule has 0 aliphatic heterocycles. The Labute approximate surface area is 142 Å². The highest BCUT2D eigenvalue weighted by molar-refractivity contribution is 6.03. The van der Waals surface area contributed by atoms with Crippen LogP contribution in [0.2, 0.25) is 0 Å². The van der Waals surface area contributed by atoms with E-state index in [1.165, 1.54) is 0 Å². The molecule has 7 heteroatoms. The Kier molecular flexibility index (Phi) is 3.66. The molecule has 0 radical (unpaired) electrons. The van der Waals surface area contributed by atoms with E-state index in [2.05, 4.69) is 15.5 Å². The van der Waals surface area contributed by atoms with Crippen LogP contribution in [0, 0.1) is 0 Å². The number of ether oxygens (including phenoxy) is 1. The number of hydrogen-bond acceptors (Lipinski definition) is 6. The molecule has 0 bridgehead atoms. The number of benzene rings is 2. The maximum atomic E-state index is 12.3. The van der Waals surface area contributed by atoms with Crippen molar-refractivity contribution >= 4 is 22.9 Å². The number of para-hydroxylation sites is 1. The fraction of sp³-hybridized carbons (Fsp3) is 0.0556. The summed E-state index contributed by atoms with van der Waals surface area (Å²) in [6.45, 7) is 0. The van der Waals surface area contributed by atoms with Crippen LogP contribution in [0.15, 0.2) is 63.4 Å². The van der Waals surface area contributed by atoms with Gasteiger partial charge in [0, 0.05) is 10.9 Å². The molecule has 0 aliphatic rings. The summed E-state index contributed by atoms with van der Waals surface area (Å²) in [7, 11) is 1.58. The molecule has 0 saturated carbocycles. The van der Waals surface area contributed by atoms with E-state index in [0.29, 0.717) is 16.9 Å². The van der Waals surface area contributed by atoms with Crippen LogP contribution >= 0.6 is 0 Å². The third kappa shape index (κ3) is 2.94. The summed E-state index contributed by atoms with van der Waals surface area (Å²) >= 11 is 0. The lowest BCUT2D eigenvalue weighted by molar-refractivity contribution is 0.0996. The topological polar surface area (TPSA) is 90.4 Å². The third-order valence-electron chi connectivity index (χ3n) is 3.61. The van der Waals surface area contributed by atoms with Crippen molar-refractivity contribution in [1.29, 1.82) is 0 Å². The summed E-state index contributed by atoms with van der Waals surface area (Å²) < 4.78 is 16.2. The van der Waals surface area contributed by atoms with Crippen molar-refractivity contribution in [2.24, 2.45) is 0 Å². The molecule has 0 unspecified atom stereocenters. The zero-order valence-corrected chi connectivity index (χ0v) is 13.2. The highest BCUT2D eigenvalue weighted by Gasteiger charge is 2.16. The van der Waals surface area contributed by atoms with Gasteiger partial charge < -0.3 is 13.6 Å². The maximum absolute atomic E-state index is 12.3. The minimum absolute atomic E-state index is 0.0109. The molecule has 2 heterocycles. The molecular weight excluding hydrogens is 322 g/mol. The molecule has 0 spiro atoms. The number of anilines is 1. The number of hydrogen-bond donors (Lipinski definition) is 1. The number of nitrogens with zero attached hydrogens (tertiary/aromatic N) is 2. The van der Waals surface area contributed by atoms with Gasteiger partial charge in [0.05, 0.1) is 7.11 Å². The summed E-state index contributed by atoms with van der Waals surface area (Å²) in [5.74, 6) is 0.654. The predicted octanol–water partition coefficient (Wildman–Crippen LogP) is 3.74. The van der Waals surface area contributed by atoms with Gasteiger partial charge in [-0.1, -0.05) is 29.4 Å². The van der Waals surface area contributed by atoms with Crippen molar-refractivity contribution in [3.8, 4) is 17.2 Å². The van der Waals surface area contributed by atoms with E-state index in [-0.39, 0.29) is 17.7 Å². The number of nitrogens with one attached hydrogen (secondary N) is 1. The highest BCUT2D eigenvalue weighted by atomic mass is 16.5. The van der Waals surface area contributed by atoms with Crippen molar-refractivity contribution in [2.45, 2.75) is 0 Å². The molecule has 7 nitrogen and oxygen atoms in total. The fourth-order valence-electron chi connectivity index (χ4n) is 2.40. The standard InChI is InChI=1S/C18H13N3O4/c1-23-13-7-4-6-12(9-13)17-20-21-18(25-17)19-16(22)15-10-11-5-2-3-8-14(11)24-15/h2-10H,1H3,(H,19,21,22). The Morgan fingerprint density at radius 3 is 2.76 bits per heavy atom. The second-order valence-electron chi connectivity index (χ2n) is 5.25. The van der Waals surface area contributed by atoms with Crippen LogP contribution in [0.4, 0.5) is 6.01 Å². The molecule has 2 aromatic carbocycles. The van der Waals surface area contributed by atoms with Crippen LogP contribution in [0.5, 0.6) is 5.75 Å². The van der Waals surface area contributed by atoms with Crippen LogP contribution in [-0.4, -0.2) is 23.2 Å². The average molecular weight is 335 g/mol. The lowest BCUT2D eigenvalue weighted by atomic mass is 10.2. The van der Waals surface area contributed by atoms with E-state index < -0.39 is 5.91 Å². The Morgan fingerprint density at radius 1 is 1.04 bits per heavy atom. The number of rotatable bonds is 4. The average Bonchev–Trinajstić information content (AvgIpc) is 3.28. The second kappa shape index (κ2) is 6.12. The number of carbonyl (C=O) groups is 1. The number of aromatic nitrogens is 2. The maximum Gasteiger partial charge on any atom is 0.322 e. The van der Waals surface area contributed by atoms with Crippen LogP contribution in [0.3, 0.4) is 0 Å². The molecule has 124 valence electrons. The molecule has 2 aromatic heterocycles. The van der Waals surface area contributed by atoms with Crippen molar-refractivity contribution < 1.29 is 18.4 Å². The predicted molar refractivity (Wildman–Crippen MR) is 90.5 cm³/mol. The van der Waals surface area contributed by atoms with Gasteiger partial charge >= 0.3 is 6.01 Å². The van der Waals surface area contributed by atoms with Crippen LogP contribution in [0.25, 0.3) is 22.4 Å². The highest BCUT2D eigenvalue weighted by Crippen LogP contribution is 2.24. The molecular formula is C18H13N3O4. The summed E-state index contributed by atoms with van der Waals surface area (Å²) in [5, 5.41) is 11.1. The first-order valence-electron chi connectivity index (χ1n) is 7.51. The van der Waals surface area contributed by atoms with Gasteiger partial charge in [0.1, 0.15) is 11.3 Å². The van der Waals surface area contributed by atoms with Crippen LogP contribution < -0.4 is 10.1 Å². The number of amides is 1. The van der Waals surface area contributed by atoms with Crippen molar-refractivity contribution in [3.63, 3.8) is 0 Å². The third-order valence-corrected chi connectivity index (χ3v) is 3.61. The molecule has 4 aromatic rings. The Morgan fingerprint density at radius 2 is 1.92 bits per heavy atom. The van der Waals surface area contributed by atoms with Gasteiger partial charge in [-0.2, -0.15) is 0 Å². The largest absolute Gasteiger partial charge is 0.497 e. The Hall–Kier alpha value is -3.61. The smallest absolute Gasteiger partial charge is 0.322 e. The molecule has 25 heavy (non-hydrogen) atoms. The summed E-state index contributed by atoms with van der Waals surface area (Å²) in [5.41, 5.74) is 1.33. The monoisotopic (exact) mass is 335 g/mol. The van der Waals surface area contributed by atoms with Crippen LogP contribution in [-0.2, 0) is 0 Å². The first-order chi connectivity index (χ1) is 12.2. The van der Waals surface area contributed by atoms with E-state index in [1.54, 1.807) is 31.4 Å². The lowest BCUT2D eigenvalue weighted by Crippen LogP contribution is -2.10. The van der Waals surface area contributed by atoms with Gasteiger partial charge in [0.15, 0.2) is 5.76 Å². The molecule has 0 atom stereocenters. The number of methoxy groups -OCH3 is 1. The van der Waals surface area contributed by atoms with E-state index in [9.17, 15) is 4.79 Å². The van der Waals surface area contributed by atoms with E-state index in [0.717, 1.165) is 5.39 Å². The van der Waals surface area contributed by atoms with Crippen molar-refractivity contribution in [1.82, 2.24) is 10.2 Å². The Balaban J connectivity index is 1.55. The van der Waals surface area contributed by atoms with Gasteiger partial charge in [-0.25, -0.2) is 0 Å². The summed E-state index contributed by atoms with van der Waals surface area (Å²) in [6, 6.07) is 16.2. The van der Waals surface area contributed by atoms with E-state index >= 15 is 0 Å². The number of fused-ring (bicyclic) bond motifs is 1. The van der Waals surface area contributed by atoms with E-state index in [1.807, 2.05) is 30.3 Å².